The summed E-state index contributed by atoms with van der Waals surface area (Å²) >= 11 is 0. The molecule has 0 aliphatic carbocycles. The van der Waals surface area contributed by atoms with E-state index >= 15 is 0 Å². The number of carbonyl (C=O) groups excluding carboxylic acids is 1. The second-order valence-corrected chi connectivity index (χ2v) is 2.75. The fourth-order valence-corrected chi connectivity index (χ4v) is 0.658. The Labute approximate surface area is 70.4 Å². The maximum absolute atomic E-state index is 11.1. The Hall–Kier alpha value is -0.940. The molecule has 0 bridgehead atoms. The standard InChI is InChI=1S/C7H13NO4/c1-4(8-3)5(9)7(2,12)6(10)11/h4,8,12H,1-3H3,(H,10,11)/t4-,7-/m0/s1. The third-order valence-electron chi connectivity index (χ3n) is 1.72. The number of aliphatic hydroxyl groups is 1. The van der Waals surface area contributed by atoms with E-state index < -0.39 is 23.4 Å². The van der Waals surface area contributed by atoms with E-state index in [1.807, 2.05) is 0 Å². The molecule has 5 heteroatoms. The minimum Gasteiger partial charge on any atom is -0.479 e. The number of nitrogens with one attached hydrogen (secondary N) is 1. The molecule has 0 amide bonds. The van der Waals surface area contributed by atoms with E-state index in [-0.39, 0.29) is 0 Å². The van der Waals surface area contributed by atoms with E-state index in [1.54, 1.807) is 0 Å². The molecule has 0 rings (SSSR count). The minimum atomic E-state index is -2.30. The van der Waals surface area contributed by atoms with Crippen molar-refractivity contribution < 1.29 is 19.8 Å². The van der Waals surface area contributed by atoms with Gasteiger partial charge >= 0.3 is 5.97 Å². The van der Waals surface area contributed by atoms with Gasteiger partial charge in [-0.2, -0.15) is 0 Å². The molecule has 0 saturated heterocycles. The lowest BCUT2D eigenvalue weighted by atomic mass is 9.96. The van der Waals surface area contributed by atoms with Crippen molar-refractivity contribution in [1.82, 2.24) is 5.32 Å². The summed E-state index contributed by atoms with van der Waals surface area (Å²) < 4.78 is 0. The molecule has 0 radical (unpaired) electrons. The Balaban J connectivity index is 4.57. The summed E-state index contributed by atoms with van der Waals surface area (Å²) in [5.74, 6) is -2.29. The molecule has 0 unspecified atom stereocenters. The van der Waals surface area contributed by atoms with Crippen LogP contribution in [-0.2, 0) is 9.59 Å². The zero-order valence-corrected chi connectivity index (χ0v) is 7.29. The molecular weight excluding hydrogens is 162 g/mol. The summed E-state index contributed by atoms with van der Waals surface area (Å²) in [6, 6.07) is -0.670. The van der Waals surface area contributed by atoms with Crippen LogP contribution in [0.5, 0.6) is 0 Å². The number of carbonyl (C=O) groups is 2. The highest BCUT2D eigenvalue weighted by atomic mass is 16.4. The summed E-state index contributed by atoms with van der Waals surface area (Å²) in [7, 11) is 1.51. The Morgan fingerprint density at radius 2 is 1.92 bits per heavy atom. The van der Waals surface area contributed by atoms with Gasteiger partial charge in [0, 0.05) is 0 Å². The lowest BCUT2D eigenvalue weighted by molar-refractivity contribution is -0.163. The van der Waals surface area contributed by atoms with Gasteiger partial charge in [-0.3, -0.25) is 4.79 Å². The molecule has 0 heterocycles. The molecule has 12 heavy (non-hydrogen) atoms. The van der Waals surface area contributed by atoms with Gasteiger partial charge in [0.05, 0.1) is 6.04 Å². The first-order valence-corrected chi connectivity index (χ1v) is 3.51. The average Bonchev–Trinajstić information content (AvgIpc) is 2.01. The van der Waals surface area contributed by atoms with Crippen LogP contribution in [-0.4, -0.2) is 40.7 Å². The zero-order valence-electron chi connectivity index (χ0n) is 7.29. The number of rotatable bonds is 4. The maximum atomic E-state index is 11.1. The summed E-state index contributed by atoms with van der Waals surface area (Å²) in [5.41, 5.74) is -2.30. The largest absolute Gasteiger partial charge is 0.479 e. The fourth-order valence-electron chi connectivity index (χ4n) is 0.658. The monoisotopic (exact) mass is 175 g/mol. The van der Waals surface area contributed by atoms with Gasteiger partial charge < -0.3 is 15.5 Å². The van der Waals surface area contributed by atoms with Crippen LogP contribution in [0.1, 0.15) is 13.8 Å². The number of likely N-dealkylation sites (N-methyl/N-ethyl adjacent to an activating group) is 1. The van der Waals surface area contributed by atoms with E-state index in [2.05, 4.69) is 5.32 Å². The van der Waals surface area contributed by atoms with Gasteiger partial charge in [-0.1, -0.05) is 0 Å². The molecule has 0 fully saturated rings. The van der Waals surface area contributed by atoms with Crippen LogP contribution in [0, 0.1) is 0 Å². The van der Waals surface area contributed by atoms with Crippen molar-refractivity contribution >= 4 is 11.8 Å². The normalized spacial score (nSPS) is 18.0. The van der Waals surface area contributed by atoms with Gasteiger partial charge in [0.1, 0.15) is 0 Å². The molecule has 0 aromatic heterocycles. The summed E-state index contributed by atoms with van der Waals surface area (Å²) in [6.07, 6.45) is 0. The highest BCUT2D eigenvalue weighted by Gasteiger charge is 2.40. The van der Waals surface area contributed by atoms with Crippen molar-refractivity contribution in [3.8, 4) is 0 Å². The molecule has 70 valence electrons. The first kappa shape index (κ1) is 11.1. The number of carboxylic acid groups (broad SMARTS) is 1. The molecule has 0 aliphatic heterocycles. The summed E-state index contributed by atoms with van der Waals surface area (Å²) in [4.78, 5) is 21.5. The maximum Gasteiger partial charge on any atom is 0.343 e. The number of hydrogen-bond acceptors (Lipinski definition) is 4. The quantitative estimate of drug-likeness (QED) is 0.477. The second kappa shape index (κ2) is 3.64. The van der Waals surface area contributed by atoms with Crippen LogP contribution in [0.15, 0.2) is 0 Å². The van der Waals surface area contributed by atoms with Crippen molar-refractivity contribution in [3.05, 3.63) is 0 Å². The third kappa shape index (κ3) is 2.02. The number of carboxylic acids is 1. The summed E-state index contributed by atoms with van der Waals surface area (Å²) in [6.45, 7) is 2.45. The number of ketones is 1. The van der Waals surface area contributed by atoms with Crippen LogP contribution in [0.3, 0.4) is 0 Å². The number of aliphatic carboxylic acids is 1. The average molecular weight is 175 g/mol. The van der Waals surface area contributed by atoms with Crippen LogP contribution in [0.4, 0.5) is 0 Å². The van der Waals surface area contributed by atoms with Crippen molar-refractivity contribution in [1.29, 1.82) is 0 Å². The van der Waals surface area contributed by atoms with Gasteiger partial charge in [-0.05, 0) is 20.9 Å². The van der Waals surface area contributed by atoms with Crippen molar-refractivity contribution in [2.24, 2.45) is 0 Å². The molecule has 3 N–H and O–H groups in total. The Morgan fingerprint density at radius 3 is 2.17 bits per heavy atom. The molecular formula is C7H13NO4. The van der Waals surface area contributed by atoms with Gasteiger partial charge in [0.2, 0.25) is 5.60 Å². The predicted molar refractivity (Wildman–Crippen MR) is 41.8 cm³/mol. The number of hydrogen-bond donors (Lipinski definition) is 3. The summed E-state index contributed by atoms with van der Waals surface area (Å²) in [5, 5.41) is 20.2. The Kier molecular flexibility index (Phi) is 3.36. The molecule has 0 saturated carbocycles. The highest BCUT2D eigenvalue weighted by molar-refractivity contribution is 6.07. The third-order valence-corrected chi connectivity index (χ3v) is 1.72. The van der Waals surface area contributed by atoms with E-state index in [1.165, 1.54) is 14.0 Å². The minimum absolute atomic E-state index is 0.670. The van der Waals surface area contributed by atoms with Gasteiger partial charge in [0.25, 0.3) is 0 Å². The molecule has 0 aromatic carbocycles. The van der Waals surface area contributed by atoms with Crippen molar-refractivity contribution in [2.45, 2.75) is 25.5 Å². The lowest BCUT2D eigenvalue weighted by Gasteiger charge is -2.20. The topological polar surface area (TPSA) is 86.6 Å². The molecule has 2 atom stereocenters. The SMILES string of the molecule is CN[C@@H](C)C(=O)[C@](C)(O)C(=O)O. The van der Waals surface area contributed by atoms with Gasteiger partial charge in [-0.15, -0.1) is 0 Å². The van der Waals surface area contributed by atoms with E-state index in [9.17, 15) is 14.7 Å². The highest BCUT2D eigenvalue weighted by Crippen LogP contribution is 2.07. The number of Topliss-reactive ketones (excluding diaryl/α,β-unsaturated/α-hetero) is 1. The zero-order chi connectivity index (χ0) is 9.94. The van der Waals surface area contributed by atoms with E-state index in [0.717, 1.165) is 6.92 Å². The van der Waals surface area contributed by atoms with E-state index in [0.29, 0.717) is 0 Å². The van der Waals surface area contributed by atoms with Crippen molar-refractivity contribution in [2.75, 3.05) is 7.05 Å². The first-order valence-electron chi connectivity index (χ1n) is 3.51. The molecule has 0 aromatic rings. The fraction of sp³-hybridized carbons (Fsp3) is 0.714. The second-order valence-electron chi connectivity index (χ2n) is 2.75. The van der Waals surface area contributed by atoms with Crippen LogP contribution < -0.4 is 5.32 Å². The van der Waals surface area contributed by atoms with Crippen LogP contribution >= 0.6 is 0 Å². The Bertz CT molecular complexity index is 200. The smallest absolute Gasteiger partial charge is 0.343 e. The van der Waals surface area contributed by atoms with Crippen LogP contribution in [0.25, 0.3) is 0 Å². The lowest BCUT2D eigenvalue weighted by Crippen LogP contribution is -2.51. The molecule has 0 spiro atoms. The van der Waals surface area contributed by atoms with Crippen LogP contribution in [0.2, 0.25) is 0 Å². The van der Waals surface area contributed by atoms with E-state index in [4.69, 9.17) is 5.11 Å². The van der Waals surface area contributed by atoms with Gasteiger partial charge in [-0.25, -0.2) is 4.79 Å². The first-order chi connectivity index (χ1) is 5.34. The van der Waals surface area contributed by atoms with Crippen molar-refractivity contribution in [3.63, 3.8) is 0 Å². The molecule has 5 nitrogen and oxygen atoms in total. The Morgan fingerprint density at radius 1 is 1.50 bits per heavy atom. The predicted octanol–water partition coefficient (Wildman–Crippen LogP) is -1.00. The van der Waals surface area contributed by atoms with Gasteiger partial charge in [0.15, 0.2) is 5.78 Å². The molecule has 0 aliphatic rings.